The van der Waals surface area contributed by atoms with Gasteiger partial charge in [-0.05, 0) is 41.8 Å². The molecule has 34 heavy (non-hydrogen) atoms. The van der Waals surface area contributed by atoms with Crippen LogP contribution in [0.4, 0.5) is 0 Å². The molecular formula is C32H24N2. The summed E-state index contributed by atoms with van der Waals surface area (Å²) in [4.78, 5) is 5.13. The number of rotatable bonds is 4. The lowest BCUT2D eigenvalue weighted by molar-refractivity contribution is 1.05. The SMILES string of the molecule is Cc1ccc(-c2cn(-c3cc(-c4ccccc4)cc(-c4ccccc4)n3)c3ccccc23)cc1. The van der Waals surface area contributed by atoms with E-state index in [-0.39, 0.29) is 0 Å². The lowest BCUT2D eigenvalue weighted by atomic mass is 10.0. The monoisotopic (exact) mass is 436 g/mol. The summed E-state index contributed by atoms with van der Waals surface area (Å²) in [5.74, 6) is 0.912. The Balaban J connectivity index is 1.60. The van der Waals surface area contributed by atoms with Crippen molar-refractivity contribution in [2.24, 2.45) is 0 Å². The summed E-state index contributed by atoms with van der Waals surface area (Å²) >= 11 is 0. The maximum atomic E-state index is 5.13. The Hall–Kier alpha value is -4.43. The zero-order valence-electron chi connectivity index (χ0n) is 19.0. The minimum absolute atomic E-state index is 0.912. The van der Waals surface area contributed by atoms with Gasteiger partial charge in [0.2, 0.25) is 0 Å². The van der Waals surface area contributed by atoms with Crippen molar-refractivity contribution in [3.8, 4) is 39.3 Å². The van der Waals surface area contributed by atoms with Gasteiger partial charge in [0.05, 0.1) is 11.2 Å². The van der Waals surface area contributed by atoms with Gasteiger partial charge >= 0.3 is 0 Å². The highest BCUT2D eigenvalue weighted by molar-refractivity contribution is 5.97. The second-order valence-electron chi connectivity index (χ2n) is 8.63. The molecule has 6 aromatic rings. The first-order valence-electron chi connectivity index (χ1n) is 11.6. The van der Waals surface area contributed by atoms with E-state index in [0.717, 1.165) is 28.2 Å². The fraction of sp³-hybridized carbons (Fsp3) is 0.0312. The van der Waals surface area contributed by atoms with Gasteiger partial charge in [0.1, 0.15) is 5.82 Å². The highest BCUT2D eigenvalue weighted by Gasteiger charge is 2.14. The molecule has 0 unspecified atom stereocenters. The van der Waals surface area contributed by atoms with Crippen molar-refractivity contribution in [1.82, 2.24) is 9.55 Å². The van der Waals surface area contributed by atoms with Crippen LogP contribution in [-0.2, 0) is 0 Å². The molecule has 6 rings (SSSR count). The topological polar surface area (TPSA) is 17.8 Å². The summed E-state index contributed by atoms with van der Waals surface area (Å²) in [7, 11) is 0. The van der Waals surface area contributed by atoms with E-state index in [1.54, 1.807) is 0 Å². The highest BCUT2D eigenvalue weighted by Crippen LogP contribution is 2.34. The number of fused-ring (bicyclic) bond motifs is 1. The van der Waals surface area contributed by atoms with Crippen molar-refractivity contribution < 1.29 is 0 Å². The standard InChI is InChI=1S/C32H24N2/c1-23-16-18-25(19-17-23)29-22-34(31-15-9-8-14-28(29)31)32-21-27(24-10-4-2-5-11-24)20-30(33-32)26-12-6-3-7-13-26/h2-22H,1H3. The third kappa shape index (κ3) is 3.70. The van der Waals surface area contributed by atoms with Crippen LogP contribution >= 0.6 is 0 Å². The summed E-state index contributed by atoms with van der Waals surface area (Å²) < 4.78 is 2.23. The Bertz CT molecular complexity index is 1520. The Morgan fingerprint density at radius 3 is 1.94 bits per heavy atom. The maximum Gasteiger partial charge on any atom is 0.138 e. The molecule has 0 aliphatic carbocycles. The number of nitrogens with zero attached hydrogens (tertiary/aromatic N) is 2. The van der Waals surface area contributed by atoms with Crippen molar-refractivity contribution in [2.45, 2.75) is 6.92 Å². The molecule has 0 fully saturated rings. The molecule has 162 valence electrons. The van der Waals surface area contributed by atoms with E-state index in [1.807, 2.05) is 6.07 Å². The van der Waals surface area contributed by atoms with Crippen LogP contribution < -0.4 is 0 Å². The van der Waals surface area contributed by atoms with Gasteiger partial charge in [0, 0.05) is 22.7 Å². The molecule has 0 radical (unpaired) electrons. The zero-order valence-corrected chi connectivity index (χ0v) is 19.0. The van der Waals surface area contributed by atoms with Crippen molar-refractivity contribution in [2.75, 3.05) is 0 Å². The molecule has 0 spiro atoms. The van der Waals surface area contributed by atoms with E-state index < -0.39 is 0 Å². The minimum Gasteiger partial charge on any atom is -0.301 e. The summed E-state index contributed by atoms with van der Waals surface area (Å²) in [6.07, 6.45) is 2.22. The number of hydrogen-bond acceptors (Lipinski definition) is 1. The van der Waals surface area contributed by atoms with Crippen molar-refractivity contribution in [3.05, 3.63) is 133 Å². The van der Waals surface area contributed by atoms with Gasteiger partial charge in [-0.25, -0.2) is 4.98 Å². The molecule has 2 heteroatoms. The summed E-state index contributed by atoms with van der Waals surface area (Å²) in [6, 6.07) is 42.6. The first kappa shape index (κ1) is 20.2. The fourth-order valence-electron chi connectivity index (χ4n) is 4.53. The predicted octanol–water partition coefficient (Wildman–Crippen LogP) is 8.33. The molecule has 0 N–H and O–H groups in total. The van der Waals surface area contributed by atoms with Crippen LogP contribution in [0.25, 0.3) is 50.2 Å². The van der Waals surface area contributed by atoms with Crippen LogP contribution in [0.1, 0.15) is 5.56 Å². The Morgan fingerprint density at radius 2 is 1.21 bits per heavy atom. The second-order valence-corrected chi connectivity index (χ2v) is 8.63. The maximum absolute atomic E-state index is 5.13. The molecule has 4 aromatic carbocycles. The molecule has 0 aliphatic rings. The Labute approximate surface area is 199 Å². The minimum atomic E-state index is 0.912. The number of aryl methyl sites for hydroxylation is 1. The van der Waals surface area contributed by atoms with Crippen LogP contribution in [0, 0.1) is 6.92 Å². The molecule has 0 aliphatic heterocycles. The van der Waals surface area contributed by atoms with E-state index in [0.29, 0.717) is 0 Å². The van der Waals surface area contributed by atoms with Gasteiger partial charge in [-0.2, -0.15) is 0 Å². The number of benzene rings is 4. The van der Waals surface area contributed by atoms with Crippen molar-refractivity contribution >= 4 is 10.9 Å². The van der Waals surface area contributed by atoms with Gasteiger partial charge in [-0.1, -0.05) is 109 Å². The molecule has 0 saturated carbocycles. The summed E-state index contributed by atoms with van der Waals surface area (Å²) in [5.41, 5.74) is 9.24. The van der Waals surface area contributed by atoms with Gasteiger partial charge in [-0.3, -0.25) is 0 Å². The van der Waals surface area contributed by atoms with Crippen LogP contribution in [0.15, 0.2) is 128 Å². The zero-order chi connectivity index (χ0) is 22.9. The summed E-state index contributed by atoms with van der Waals surface area (Å²) in [5, 5.41) is 1.22. The van der Waals surface area contributed by atoms with E-state index in [1.165, 1.54) is 27.6 Å². The average molecular weight is 437 g/mol. The fourth-order valence-corrected chi connectivity index (χ4v) is 4.53. The Morgan fingerprint density at radius 1 is 0.559 bits per heavy atom. The van der Waals surface area contributed by atoms with E-state index in [2.05, 4.69) is 133 Å². The number of hydrogen-bond donors (Lipinski definition) is 0. The van der Waals surface area contributed by atoms with Crippen LogP contribution in [-0.4, -0.2) is 9.55 Å². The number of aromatic nitrogens is 2. The molecule has 0 bridgehead atoms. The van der Waals surface area contributed by atoms with E-state index in [4.69, 9.17) is 4.98 Å². The van der Waals surface area contributed by atoms with Gasteiger partial charge in [0.25, 0.3) is 0 Å². The lowest BCUT2D eigenvalue weighted by Gasteiger charge is -2.11. The normalized spacial score (nSPS) is 11.1. The predicted molar refractivity (Wildman–Crippen MR) is 142 cm³/mol. The first-order valence-corrected chi connectivity index (χ1v) is 11.6. The molecular weight excluding hydrogens is 412 g/mol. The largest absolute Gasteiger partial charge is 0.301 e. The van der Waals surface area contributed by atoms with E-state index in [9.17, 15) is 0 Å². The smallest absolute Gasteiger partial charge is 0.138 e. The number of para-hydroxylation sites is 1. The Kier molecular flexibility index (Phi) is 5.04. The van der Waals surface area contributed by atoms with Crippen LogP contribution in [0.3, 0.4) is 0 Å². The molecule has 0 saturated heterocycles. The third-order valence-electron chi connectivity index (χ3n) is 6.31. The van der Waals surface area contributed by atoms with E-state index >= 15 is 0 Å². The molecule has 2 nitrogen and oxygen atoms in total. The molecule has 2 heterocycles. The molecule has 0 atom stereocenters. The quantitative estimate of drug-likeness (QED) is 0.271. The van der Waals surface area contributed by atoms with Gasteiger partial charge in [-0.15, -0.1) is 0 Å². The second kappa shape index (κ2) is 8.49. The highest BCUT2D eigenvalue weighted by atomic mass is 15.1. The van der Waals surface area contributed by atoms with Crippen LogP contribution in [0.5, 0.6) is 0 Å². The average Bonchev–Trinajstić information content (AvgIpc) is 3.30. The van der Waals surface area contributed by atoms with Gasteiger partial charge in [0.15, 0.2) is 0 Å². The van der Waals surface area contributed by atoms with Crippen molar-refractivity contribution in [3.63, 3.8) is 0 Å². The number of pyridine rings is 1. The van der Waals surface area contributed by atoms with Crippen LogP contribution in [0.2, 0.25) is 0 Å². The summed E-state index contributed by atoms with van der Waals surface area (Å²) in [6.45, 7) is 2.12. The molecule has 2 aromatic heterocycles. The van der Waals surface area contributed by atoms with Crippen molar-refractivity contribution in [1.29, 1.82) is 0 Å². The van der Waals surface area contributed by atoms with Gasteiger partial charge < -0.3 is 4.57 Å². The lowest BCUT2D eigenvalue weighted by Crippen LogP contribution is -1.98. The third-order valence-corrected chi connectivity index (χ3v) is 6.31. The first-order chi connectivity index (χ1) is 16.8. The molecule has 0 amide bonds.